The predicted molar refractivity (Wildman–Crippen MR) is 122 cm³/mol. The second-order valence-electron chi connectivity index (χ2n) is 8.15. The number of hydrogen-bond acceptors (Lipinski definition) is 3. The number of nitrogens with zero attached hydrogens (tertiary/aromatic N) is 1. The number of carbonyl (C=O) groups is 1. The Bertz CT molecular complexity index is 844. The Hall–Kier alpha value is -1.78. The smallest absolute Gasteiger partial charge is 0.148 e. The first-order valence-corrected chi connectivity index (χ1v) is 10.8. The predicted octanol–water partition coefficient (Wildman–Crippen LogP) is 4.42. The maximum atomic E-state index is 12.7. The lowest BCUT2D eigenvalue weighted by Crippen LogP contribution is -2.50. The first-order chi connectivity index (χ1) is 13.9. The van der Waals surface area contributed by atoms with Crippen molar-refractivity contribution in [2.75, 3.05) is 19.7 Å². The van der Waals surface area contributed by atoms with E-state index in [0.717, 1.165) is 42.8 Å². The number of piperidine rings is 1. The highest BCUT2D eigenvalue weighted by Gasteiger charge is 2.42. The minimum absolute atomic E-state index is 0.235. The Balaban J connectivity index is 1.64. The van der Waals surface area contributed by atoms with Crippen LogP contribution in [0, 0.1) is 6.92 Å². The van der Waals surface area contributed by atoms with E-state index in [2.05, 4.69) is 38.2 Å². The van der Waals surface area contributed by atoms with Gasteiger partial charge in [0.25, 0.3) is 0 Å². The Morgan fingerprint density at radius 2 is 1.86 bits per heavy atom. The van der Waals surface area contributed by atoms with Crippen molar-refractivity contribution >= 4 is 30.1 Å². The molecule has 3 rings (SSSR count). The van der Waals surface area contributed by atoms with E-state index in [4.69, 9.17) is 16.3 Å². The summed E-state index contributed by atoms with van der Waals surface area (Å²) in [6.07, 6.45) is 1.63. The van der Waals surface area contributed by atoms with E-state index >= 15 is 0 Å². The fraction of sp³-hybridized carbons (Fsp3) is 0.458. The lowest BCUT2D eigenvalue weighted by Gasteiger charge is -2.43. The number of halogens is 1. The van der Waals surface area contributed by atoms with Crippen molar-refractivity contribution in [2.24, 2.45) is 0 Å². The molecule has 0 aromatic heterocycles. The van der Waals surface area contributed by atoms with Crippen LogP contribution in [0.2, 0.25) is 11.8 Å². The van der Waals surface area contributed by atoms with Crippen LogP contribution in [0.3, 0.4) is 0 Å². The van der Waals surface area contributed by atoms with Crippen LogP contribution in [-0.4, -0.2) is 43.7 Å². The minimum atomic E-state index is -0.432. The molecule has 1 unspecified atom stereocenters. The maximum absolute atomic E-state index is 12.7. The van der Waals surface area contributed by atoms with Gasteiger partial charge in [-0.1, -0.05) is 42.1 Å². The van der Waals surface area contributed by atoms with Gasteiger partial charge in [0.1, 0.15) is 25.4 Å². The van der Waals surface area contributed by atoms with Gasteiger partial charge in [0.2, 0.25) is 0 Å². The molecular formula is C24H30BClNO2. The second kappa shape index (κ2) is 9.36. The van der Waals surface area contributed by atoms with Crippen molar-refractivity contribution in [2.45, 2.75) is 51.9 Å². The highest BCUT2D eigenvalue weighted by Crippen LogP contribution is 2.39. The Morgan fingerprint density at radius 1 is 1.21 bits per heavy atom. The van der Waals surface area contributed by atoms with Gasteiger partial charge in [-0.25, -0.2) is 0 Å². The van der Waals surface area contributed by atoms with Gasteiger partial charge < -0.3 is 4.74 Å². The molecule has 5 heteroatoms. The van der Waals surface area contributed by atoms with E-state index in [1.807, 2.05) is 37.2 Å². The highest BCUT2D eigenvalue weighted by atomic mass is 35.5. The minimum Gasteiger partial charge on any atom is -0.492 e. The Labute approximate surface area is 180 Å². The molecule has 1 saturated heterocycles. The fourth-order valence-corrected chi connectivity index (χ4v) is 4.52. The van der Waals surface area contributed by atoms with Crippen LogP contribution in [0.15, 0.2) is 42.5 Å². The SMILES string of the molecule is C[B]c1ccc(OCC(C)N2CCC(C(C)=O)(c3cc(Cl)ccc3C)CC2)cc1. The third kappa shape index (κ3) is 4.87. The van der Waals surface area contributed by atoms with Gasteiger partial charge in [0, 0.05) is 11.1 Å². The standard InChI is InChI=1S/C24H30BClNO2/c1-17-5-8-21(26)15-23(17)24(19(3)28)11-13-27(14-12-24)18(2)16-29-22-9-6-20(25-4)7-10-22/h5-10,15,18H,11-14,16H2,1-4H3. The van der Waals surface area contributed by atoms with E-state index in [-0.39, 0.29) is 11.8 Å². The van der Waals surface area contributed by atoms with Gasteiger partial charge in [0.05, 0.1) is 5.41 Å². The number of carbonyl (C=O) groups excluding carboxylic acids is 1. The summed E-state index contributed by atoms with van der Waals surface area (Å²) in [5.74, 6) is 1.13. The molecule has 1 fully saturated rings. The summed E-state index contributed by atoms with van der Waals surface area (Å²) in [5.41, 5.74) is 2.99. The van der Waals surface area contributed by atoms with Crippen molar-refractivity contribution in [3.63, 3.8) is 0 Å². The van der Waals surface area contributed by atoms with Crippen molar-refractivity contribution < 1.29 is 9.53 Å². The summed E-state index contributed by atoms with van der Waals surface area (Å²) >= 11 is 6.26. The van der Waals surface area contributed by atoms with Crippen LogP contribution in [0.1, 0.15) is 37.8 Å². The molecule has 0 saturated carbocycles. The van der Waals surface area contributed by atoms with Crippen LogP contribution < -0.4 is 10.2 Å². The van der Waals surface area contributed by atoms with Gasteiger partial charge in [-0.15, -0.1) is 0 Å². The molecule has 0 aliphatic carbocycles. The molecule has 1 atom stereocenters. The molecule has 3 nitrogen and oxygen atoms in total. The number of ether oxygens (including phenoxy) is 1. The summed E-state index contributed by atoms with van der Waals surface area (Å²) < 4.78 is 6.00. The van der Waals surface area contributed by atoms with E-state index in [0.29, 0.717) is 11.6 Å². The molecule has 153 valence electrons. The third-order valence-corrected chi connectivity index (χ3v) is 6.60. The van der Waals surface area contributed by atoms with Crippen molar-refractivity contribution in [1.29, 1.82) is 0 Å². The monoisotopic (exact) mass is 410 g/mol. The normalized spacial score (nSPS) is 17.6. The molecule has 2 aromatic carbocycles. The zero-order valence-electron chi connectivity index (χ0n) is 17.9. The van der Waals surface area contributed by atoms with Crippen molar-refractivity contribution in [1.82, 2.24) is 4.90 Å². The summed E-state index contributed by atoms with van der Waals surface area (Å²) in [5, 5.41) is 0.696. The Morgan fingerprint density at radius 3 is 2.45 bits per heavy atom. The van der Waals surface area contributed by atoms with Gasteiger partial charge in [-0.05, 0) is 82.1 Å². The molecule has 0 amide bonds. The molecule has 1 radical (unpaired) electrons. The van der Waals surface area contributed by atoms with Gasteiger partial charge in [-0.2, -0.15) is 0 Å². The van der Waals surface area contributed by atoms with Crippen LogP contribution in [0.25, 0.3) is 0 Å². The first kappa shape index (κ1) is 21.9. The summed E-state index contributed by atoms with van der Waals surface area (Å²) in [7, 11) is 2.07. The Kier molecular flexibility index (Phi) is 7.08. The number of ketones is 1. The number of likely N-dealkylation sites (tertiary alicyclic amines) is 1. The maximum Gasteiger partial charge on any atom is 0.148 e. The van der Waals surface area contributed by atoms with Crippen LogP contribution in [0.5, 0.6) is 5.75 Å². The summed E-state index contributed by atoms with van der Waals surface area (Å²) in [6.45, 7) is 10.4. The number of hydrogen-bond donors (Lipinski definition) is 0. The number of aryl methyl sites for hydroxylation is 1. The molecule has 0 N–H and O–H groups in total. The van der Waals surface area contributed by atoms with E-state index in [9.17, 15) is 4.79 Å². The van der Waals surface area contributed by atoms with E-state index in [1.54, 1.807) is 6.92 Å². The zero-order chi connectivity index (χ0) is 21.0. The molecule has 0 bridgehead atoms. The molecule has 0 spiro atoms. The van der Waals surface area contributed by atoms with Crippen LogP contribution in [0.4, 0.5) is 0 Å². The van der Waals surface area contributed by atoms with Gasteiger partial charge in [-0.3, -0.25) is 9.69 Å². The average Bonchev–Trinajstić information content (AvgIpc) is 2.74. The highest BCUT2D eigenvalue weighted by molar-refractivity contribution is 6.51. The van der Waals surface area contributed by atoms with Crippen molar-refractivity contribution in [3.8, 4) is 5.75 Å². The molecule has 29 heavy (non-hydrogen) atoms. The molecule has 2 aromatic rings. The number of rotatable bonds is 7. The fourth-order valence-electron chi connectivity index (χ4n) is 4.35. The first-order valence-electron chi connectivity index (χ1n) is 10.4. The quantitative estimate of drug-likeness (QED) is 0.633. The summed E-state index contributed by atoms with van der Waals surface area (Å²) in [6, 6.07) is 14.4. The van der Waals surface area contributed by atoms with E-state index in [1.165, 1.54) is 5.46 Å². The topological polar surface area (TPSA) is 29.5 Å². The average molecular weight is 411 g/mol. The molecule has 1 heterocycles. The molecule has 1 aliphatic heterocycles. The molecule has 1 aliphatic rings. The third-order valence-electron chi connectivity index (χ3n) is 6.37. The lowest BCUT2D eigenvalue weighted by atomic mass is 9.68. The number of Topliss-reactive ketones (excluding diaryl/α,β-unsaturated/α-hetero) is 1. The van der Waals surface area contributed by atoms with E-state index < -0.39 is 5.41 Å². The lowest BCUT2D eigenvalue weighted by molar-refractivity contribution is -0.124. The molecular weight excluding hydrogens is 381 g/mol. The summed E-state index contributed by atoms with van der Waals surface area (Å²) in [4.78, 5) is 15.2. The van der Waals surface area contributed by atoms with Gasteiger partial charge in [0.15, 0.2) is 0 Å². The van der Waals surface area contributed by atoms with Crippen LogP contribution >= 0.6 is 11.6 Å². The number of benzene rings is 2. The zero-order valence-corrected chi connectivity index (χ0v) is 18.6. The van der Waals surface area contributed by atoms with Crippen molar-refractivity contribution in [3.05, 3.63) is 58.6 Å². The largest absolute Gasteiger partial charge is 0.492 e. The van der Waals surface area contributed by atoms with Gasteiger partial charge >= 0.3 is 0 Å². The van der Waals surface area contributed by atoms with Crippen LogP contribution in [-0.2, 0) is 10.2 Å². The second-order valence-corrected chi connectivity index (χ2v) is 8.59.